The molecule has 1 amide bonds. The van der Waals surface area contributed by atoms with Crippen LogP contribution in [0.1, 0.15) is 24.6 Å². The van der Waals surface area contributed by atoms with Crippen molar-refractivity contribution in [3.8, 4) is 22.1 Å². The maximum atomic E-state index is 12.3. The van der Waals surface area contributed by atoms with Gasteiger partial charge in [-0.1, -0.05) is 43.3 Å². The van der Waals surface area contributed by atoms with Gasteiger partial charge in [-0.05, 0) is 24.1 Å². The van der Waals surface area contributed by atoms with Gasteiger partial charge in [-0.3, -0.25) is 4.79 Å². The minimum Gasteiger partial charge on any atom is -0.493 e. The highest BCUT2D eigenvalue weighted by atomic mass is 32.1. The van der Waals surface area contributed by atoms with E-state index in [0.29, 0.717) is 18.9 Å². The highest BCUT2D eigenvalue weighted by Crippen LogP contribution is 2.28. The predicted molar refractivity (Wildman–Crippen MR) is 112 cm³/mol. The summed E-state index contributed by atoms with van der Waals surface area (Å²) in [5.41, 5.74) is 2.80. The number of carbonyl (C=O) groups excluding carboxylic acids is 1. The van der Waals surface area contributed by atoms with Crippen LogP contribution in [0.2, 0.25) is 0 Å². The van der Waals surface area contributed by atoms with Crippen molar-refractivity contribution in [3.63, 3.8) is 0 Å². The van der Waals surface area contributed by atoms with Crippen LogP contribution in [0, 0.1) is 0 Å². The van der Waals surface area contributed by atoms with Gasteiger partial charge in [-0.25, -0.2) is 4.98 Å². The molecule has 0 aliphatic carbocycles. The van der Waals surface area contributed by atoms with Crippen LogP contribution in [0.5, 0.6) is 11.5 Å². The lowest BCUT2D eigenvalue weighted by molar-refractivity contribution is -0.120. The third kappa shape index (κ3) is 5.33. The monoisotopic (exact) mass is 396 g/mol. The summed E-state index contributed by atoms with van der Waals surface area (Å²) in [6.45, 7) is 3.13. The van der Waals surface area contributed by atoms with Crippen molar-refractivity contribution in [1.29, 1.82) is 0 Å². The molecule has 0 saturated heterocycles. The number of rotatable bonds is 9. The lowest BCUT2D eigenvalue weighted by Gasteiger charge is -2.12. The third-order valence-corrected chi connectivity index (χ3v) is 5.03. The molecule has 0 bridgehead atoms. The van der Waals surface area contributed by atoms with E-state index in [2.05, 4.69) is 17.2 Å². The standard InChI is InChI=1S/C22H24N2O3S/c1-3-11-27-19-10-9-16(12-20(19)26-2)14-23-21(25)13-18-15-28-22(24-18)17-7-5-4-6-8-17/h4-10,12,15H,3,11,13-14H2,1-2H3,(H,23,25). The molecule has 0 aliphatic rings. The van der Waals surface area contributed by atoms with Crippen LogP contribution in [0.15, 0.2) is 53.9 Å². The number of hydrogen-bond acceptors (Lipinski definition) is 5. The summed E-state index contributed by atoms with van der Waals surface area (Å²) in [6.07, 6.45) is 1.20. The summed E-state index contributed by atoms with van der Waals surface area (Å²) in [5.74, 6) is 1.33. The first-order valence-electron chi connectivity index (χ1n) is 9.26. The second-order valence-corrected chi connectivity index (χ2v) is 7.16. The number of nitrogens with zero attached hydrogens (tertiary/aromatic N) is 1. The second-order valence-electron chi connectivity index (χ2n) is 6.30. The number of benzene rings is 2. The van der Waals surface area contributed by atoms with Gasteiger partial charge in [0.1, 0.15) is 5.01 Å². The summed E-state index contributed by atoms with van der Waals surface area (Å²) in [5, 5.41) is 5.80. The van der Waals surface area contributed by atoms with E-state index in [1.54, 1.807) is 18.4 Å². The first-order valence-corrected chi connectivity index (χ1v) is 10.1. The maximum absolute atomic E-state index is 12.3. The van der Waals surface area contributed by atoms with Crippen molar-refractivity contribution in [2.45, 2.75) is 26.3 Å². The molecule has 6 heteroatoms. The molecule has 3 aromatic rings. The highest BCUT2D eigenvalue weighted by Gasteiger charge is 2.10. The number of amides is 1. The Morgan fingerprint density at radius 3 is 2.71 bits per heavy atom. The molecule has 0 unspecified atom stereocenters. The van der Waals surface area contributed by atoms with Crippen molar-refractivity contribution < 1.29 is 14.3 Å². The van der Waals surface area contributed by atoms with E-state index in [1.807, 2.05) is 53.9 Å². The van der Waals surface area contributed by atoms with Crippen LogP contribution in [0.25, 0.3) is 10.6 Å². The van der Waals surface area contributed by atoms with Crippen molar-refractivity contribution >= 4 is 17.2 Å². The summed E-state index contributed by atoms with van der Waals surface area (Å²) < 4.78 is 11.0. The fourth-order valence-electron chi connectivity index (χ4n) is 2.68. The first kappa shape index (κ1) is 19.9. The quantitative estimate of drug-likeness (QED) is 0.580. The molecule has 5 nitrogen and oxygen atoms in total. The van der Waals surface area contributed by atoms with Gasteiger partial charge in [0.25, 0.3) is 0 Å². The van der Waals surface area contributed by atoms with Crippen LogP contribution in [-0.4, -0.2) is 24.6 Å². The van der Waals surface area contributed by atoms with Crippen LogP contribution < -0.4 is 14.8 Å². The summed E-state index contributed by atoms with van der Waals surface area (Å²) in [4.78, 5) is 16.9. The average Bonchev–Trinajstić information content (AvgIpc) is 3.20. The molecule has 1 aromatic heterocycles. The van der Waals surface area contributed by atoms with E-state index in [-0.39, 0.29) is 12.3 Å². The fraction of sp³-hybridized carbons (Fsp3) is 0.273. The Bertz CT molecular complexity index is 909. The van der Waals surface area contributed by atoms with Gasteiger partial charge in [-0.15, -0.1) is 11.3 Å². The minimum atomic E-state index is -0.0600. The van der Waals surface area contributed by atoms with Gasteiger partial charge in [0, 0.05) is 17.5 Å². The number of nitrogens with one attached hydrogen (secondary N) is 1. The fourth-order valence-corrected chi connectivity index (χ4v) is 3.51. The lowest BCUT2D eigenvalue weighted by atomic mass is 10.2. The van der Waals surface area contributed by atoms with Gasteiger partial charge >= 0.3 is 0 Å². The number of thiazole rings is 1. The second kappa shape index (κ2) is 9.90. The molecule has 146 valence electrons. The van der Waals surface area contributed by atoms with Crippen molar-refractivity contribution in [2.75, 3.05) is 13.7 Å². The van der Waals surface area contributed by atoms with Crippen molar-refractivity contribution in [1.82, 2.24) is 10.3 Å². The SMILES string of the molecule is CCCOc1ccc(CNC(=O)Cc2csc(-c3ccccc3)n2)cc1OC. The summed E-state index contributed by atoms with van der Waals surface area (Å²) in [7, 11) is 1.61. The Morgan fingerprint density at radius 2 is 1.96 bits per heavy atom. The summed E-state index contributed by atoms with van der Waals surface area (Å²) >= 11 is 1.55. The van der Waals surface area contributed by atoms with Crippen LogP contribution in [-0.2, 0) is 17.8 Å². The zero-order valence-corrected chi connectivity index (χ0v) is 16.9. The van der Waals surface area contributed by atoms with E-state index in [4.69, 9.17) is 9.47 Å². The molecule has 0 radical (unpaired) electrons. The molecular weight excluding hydrogens is 372 g/mol. The zero-order chi connectivity index (χ0) is 19.8. The Labute approximate surface area is 169 Å². The molecule has 2 aromatic carbocycles. The topological polar surface area (TPSA) is 60.5 Å². The van der Waals surface area contributed by atoms with Crippen LogP contribution in [0.4, 0.5) is 0 Å². The van der Waals surface area contributed by atoms with E-state index < -0.39 is 0 Å². The van der Waals surface area contributed by atoms with Gasteiger partial charge < -0.3 is 14.8 Å². The molecule has 0 fully saturated rings. The number of ether oxygens (including phenoxy) is 2. The highest BCUT2D eigenvalue weighted by molar-refractivity contribution is 7.13. The Morgan fingerprint density at radius 1 is 1.14 bits per heavy atom. The van der Waals surface area contributed by atoms with E-state index in [0.717, 1.165) is 34.0 Å². The smallest absolute Gasteiger partial charge is 0.226 e. The third-order valence-electron chi connectivity index (χ3n) is 4.09. The molecule has 1 heterocycles. The summed E-state index contributed by atoms with van der Waals surface area (Å²) in [6, 6.07) is 15.7. The van der Waals surface area contributed by atoms with E-state index in [1.165, 1.54) is 0 Å². The average molecular weight is 397 g/mol. The molecular formula is C22H24N2O3S. The Hall–Kier alpha value is -2.86. The molecule has 0 aliphatic heterocycles. The molecule has 0 atom stereocenters. The van der Waals surface area contributed by atoms with Gasteiger partial charge in [0.15, 0.2) is 11.5 Å². The zero-order valence-electron chi connectivity index (χ0n) is 16.1. The van der Waals surface area contributed by atoms with Gasteiger partial charge in [0.05, 0.1) is 25.8 Å². The predicted octanol–water partition coefficient (Wildman–Crippen LogP) is 4.47. The Balaban J connectivity index is 1.55. The molecule has 3 rings (SSSR count). The Kier molecular flexibility index (Phi) is 7.03. The lowest BCUT2D eigenvalue weighted by Crippen LogP contribution is -2.24. The molecule has 28 heavy (non-hydrogen) atoms. The van der Waals surface area contributed by atoms with Crippen molar-refractivity contribution in [2.24, 2.45) is 0 Å². The van der Waals surface area contributed by atoms with Crippen molar-refractivity contribution in [3.05, 3.63) is 65.2 Å². The first-order chi connectivity index (χ1) is 13.7. The normalized spacial score (nSPS) is 10.5. The number of hydrogen-bond donors (Lipinski definition) is 1. The number of methoxy groups -OCH3 is 1. The van der Waals surface area contributed by atoms with Crippen LogP contribution >= 0.6 is 11.3 Å². The largest absolute Gasteiger partial charge is 0.493 e. The van der Waals surface area contributed by atoms with Gasteiger partial charge in [0.2, 0.25) is 5.91 Å². The number of aromatic nitrogens is 1. The number of carbonyl (C=O) groups is 1. The van der Waals surface area contributed by atoms with Crippen LogP contribution in [0.3, 0.4) is 0 Å². The van der Waals surface area contributed by atoms with E-state index >= 15 is 0 Å². The van der Waals surface area contributed by atoms with Gasteiger partial charge in [-0.2, -0.15) is 0 Å². The minimum absolute atomic E-state index is 0.0600. The molecule has 0 spiro atoms. The maximum Gasteiger partial charge on any atom is 0.226 e. The van der Waals surface area contributed by atoms with E-state index in [9.17, 15) is 4.79 Å². The molecule has 0 saturated carbocycles. The molecule has 1 N–H and O–H groups in total.